The highest BCUT2D eigenvalue weighted by atomic mass is 35.5. The summed E-state index contributed by atoms with van der Waals surface area (Å²) in [5.41, 5.74) is -0.268. The molecule has 0 radical (unpaired) electrons. The number of alkyl halides is 3. The normalized spacial score (nSPS) is 20.4. The molecule has 174 valence electrons. The molecule has 1 atom stereocenters. The van der Waals surface area contributed by atoms with Crippen LogP contribution in [-0.2, 0) is 0 Å². The molecule has 1 saturated heterocycles. The molecule has 0 amide bonds. The summed E-state index contributed by atoms with van der Waals surface area (Å²) in [4.78, 5) is 2.27. The van der Waals surface area contributed by atoms with Gasteiger partial charge in [0.1, 0.15) is 0 Å². The first-order chi connectivity index (χ1) is 13.3. The highest BCUT2D eigenvalue weighted by Crippen LogP contribution is 2.43. The molecule has 2 aliphatic rings. The van der Waals surface area contributed by atoms with Crippen LogP contribution >= 0.6 is 24.8 Å². The van der Waals surface area contributed by atoms with Crippen LogP contribution in [0.15, 0.2) is 18.2 Å². The smallest absolute Gasteiger partial charge is 0.493 e. The van der Waals surface area contributed by atoms with E-state index in [2.05, 4.69) is 15.0 Å². The lowest BCUT2D eigenvalue weighted by Crippen LogP contribution is -2.49. The SMILES string of the molecule is COc1ccc(C(CN2CCNCC2)C2(O)CCCCC2)cc1OC(F)(F)F.Cl.Cl. The zero-order valence-electron chi connectivity index (χ0n) is 17.0. The molecule has 1 aromatic carbocycles. The van der Waals surface area contributed by atoms with Gasteiger partial charge in [-0.25, -0.2) is 0 Å². The van der Waals surface area contributed by atoms with Crippen molar-refractivity contribution in [2.45, 2.75) is 50.0 Å². The van der Waals surface area contributed by atoms with Crippen molar-refractivity contribution in [3.05, 3.63) is 23.8 Å². The van der Waals surface area contributed by atoms with E-state index in [0.29, 0.717) is 24.9 Å². The molecular weight excluding hydrogens is 444 g/mol. The second kappa shape index (κ2) is 11.6. The molecule has 5 nitrogen and oxygen atoms in total. The zero-order chi connectivity index (χ0) is 20.2. The van der Waals surface area contributed by atoms with E-state index in [0.717, 1.165) is 45.4 Å². The van der Waals surface area contributed by atoms with Crippen LogP contribution in [0.1, 0.15) is 43.6 Å². The number of piperazine rings is 1. The molecule has 3 rings (SSSR count). The van der Waals surface area contributed by atoms with Crippen LogP contribution in [0.3, 0.4) is 0 Å². The average molecular weight is 475 g/mol. The lowest BCUT2D eigenvalue weighted by atomic mass is 9.72. The summed E-state index contributed by atoms with van der Waals surface area (Å²) < 4.78 is 47.8. The van der Waals surface area contributed by atoms with Crippen LogP contribution in [0.2, 0.25) is 0 Å². The molecule has 1 aliphatic heterocycles. The van der Waals surface area contributed by atoms with Gasteiger partial charge in [-0.15, -0.1) is 38.0 Å². The van der Waals surface area contributed by atoms with Crippen molar-refractivity contribution >= 4 is 24.8 Å². The molecule has 0 bridgehead atoms. The quantitative estimate of drug-likeness (QED) is 0.649. The second-order valence-corrected chi connectivity index (χ2v) is 7.73. The minimum Gasteiger partial charge on any atom is -0.493 e. The third-order valence-corrected chi connectivity index (χ3v) is 5.83. The van der Waals surface area contributed by atoms with Gasteiger partial charge in [0.25, 0.3) is 0 Å². The molecule has 0 aromatic heterocycles. The highest BCUT2D eigenvalue weighted by molar-refractivity contribution is 5.85. The molecule has 1 aromatic rings. The number of rotatable bonds is 6. The van der Waals surface area contributed by atoms with E-state index >= 15 is 0 Å². The van der Waals surface area contributed by atoms with Crippen molar-refractivity contribution in [2.75, 3.05) is 39.8 Å². The predicted octanol–water partition coefficient (Wildman–Crippen LogP) is 4.12. The first kappa shape index (κ1) is 27.1. The fourth-order valence-corrected chi connectivity index (χ4v) is 4.36. The van der Waals surface area contributed by atoms with E-state index in [-0.39, 0.29) is 42.2 Å². The van der Waals surface area contributed by atoms with Gasteiger partial charge in [-0.1, -0.05) is 25.3 Å². The van der Waals surface area contributed by atoms with Crippen molar-refractivity contribution < 1.29 is 27.8 Å². The van der Waals surface area contributed by atoms with Gasteiger partial charge in [-0.3, -0.25) is 0 Å². The van der Waals surface area contributed by atoms with E-state index in [1.165, 1.54) is 19.2 Å². The fraction of sp³-hybridized carbons (Fsp3) is 0.700. The number of nitrogens with one attached hydrogen (secondary N) is 1. The molecule has 1 saturated carbocycles. The maximum Gasteiger partial charge on any atom is 0.573 e. The number of aliphatic hydroxyl groups is 1. The molecule has 10 heteroatoms. The monoisotopic (exact) mass is 474 g/mol. The lowest BCUT2D eigenvalue weighted by molar-refractivity contribution is -0.275. The van der Waals surface area contributed by atoms with Crippen LogP contribution in [0.25, 0.3) is 0 Å². The Labute approximate surface area is 188 Å². The summed E-state index contributed by atoms with van der Waals surface area (Å²) in [6.45, 7) is 4.06. The number of hydrogen-bond acceptors (Lipinski definition) is 5. The summed E-state index contributed by atoms with van der Waals surface area (Å²) in [5.74, 6) is -0.623. The van der Waals surface area contributed by atoms with Gasteiger partial charge in [-0.05, 0) is 30.5 Å². The molecular formula is C20H31Cl2F3N2O3. The largest absolute Gasteiger partial charge is 0.573 e. The summed E-state index contributed by atoms with van der Waals surface area (Å²) in [6, 6.07) is 4.63. The Morgan fingerprint density at radius 3 is 2.30 bits per heavy atom. The van der Waals surface area contributed by atoms with Crippen molar-refractivity contribution in [3.8, 4) is 11.5 Å². The number of halogens is 5. The van der Waals surface area contributed by atoms with Crippen LogP contribution < -0.4 is 14.8 Å². The first-order valence-corrected chi connectivity index (χ1v) is 9.90. The summed E-state index contributed by atoms with van der Waals surface area (Å²) in [5, 5.41) is 14.7. The minimum atomic E-state index is -4.80. The Kier molecular flexibility index (Phi) is 10.5. The Morgan fingerprint density at radius 1 is 1.10 bits per heavy atom. The Balaban J connectivity index is 0.00000225. The highest BCUT2D eigenvalue weighted by Gasteiger charge is 2.40. The van der Waals surface area contributed by atoms with Gasteiger partial charge >= 0.3 is 6.36 Å². The van der Waals surface area contributed by atoms with E-state index in [4.69, 9.17) is 4.74 Å². The topological polar surface area (TPSA) is 54.0 Å². The van der Waals surface area contributed by atoms with Crippen LogP contribution in [0.4, 0.5) is 13.2 Å². The van der Waals surface area contributed by atoms with Gasteiger partial charge in [0.15, 0.2) is 11.5 Å². The van der Waals surface area contributed by atoms with Gasteiger partial charge in [0.2, 0.25) is 0 Å². The molecule has 1 heterocycles. The van der Waals surface area contributed by atoms with E-state index in [1.54, 1.807) is 6.07 Å². The third-order valence-electron chi connectivity index (χ3n) is 5.83. The van der Waals surface area contributed by atoms with Crippen molar-refractivity contribution in [1.29, 1.82) is 0 Å². The van der Waals surface area contributed by atoms with Crippen molar-refractivity contribution in [2.24, 2.45) is 0 Å². The average Bonchev–Trinajstić information content (AvgIpc) is 2.66. The Bertz CT molecular complexity index is 653. The Morgan fingerprint density at radius 2 is 1.73 bits per heavy atom. The van der Waals surface area contributed by atoms with E-state index in [1.807, 2.05) is 0 Å². The molecule has 2 N–H and O–H groups in total. The number of methoxy groups -OCH3 is 1. The zero-order valence-corrected chi connectivity index (χ0v) is 18.7. The Hall–Kier alpha value is -0.930. The second-order valence-electron chi connectivity index (χ2n) is 7.73. The van der Waals surface area contributed by atoms with Crippen LogP contribution in [0.5, 0.6) is 11.5 Å². The molecule has 1 unspecified atom stereocenters. The predicted molar refractivity (Wildman–Crippen MR) is 114 cm³/mol. The first-order valence-electron chi connectivity index (χ1n) is 9.90. The van der Waals surface area contributed by atoms with Crippen molar-refractivity contribution in [1.82, 2.24) is 10.2 Å². The molecule has 1 aliphatic carbocycles. The van der Waals surface area contributed by atoms with E-state index < -0.39 is 12.0 Å². The van der Waals surface area contributed by atoms with Crippen molar-refractivity contribution in [3.63, 3.8) is 0 Å². The minimum absolute atomic E-state index is 0. The van der Waals surface area contributed by atoms with Gasteiger partial charge in [0.05, 0.1) is 12.7 Å². The number of hydrogen-bond donors (Lipinski definition) is 2. The summed E-state index contributed by atoms with van der Waals surface area (Å²) >= 11 is 0. The number of ether oxygens (including phenoxy) is 2. The van der Waals surface area contributed by atoms with Crippen LogP contribution in [0, 0.1) is 0 Å². The maximum atomic E-state index is 12.9. The van der Waals surface area contributed by atoms with Gasteiger partial charge in [-0.2, -0.15) is 0 Å². The fourth-order valence-electron chi connectivity index (χ4n) is 4.36. The summed E-state index contributed by atoms with van der Waals surface area (Å²) in [6.07, 6.45) is -0.556. The van der Waals surface area contributed by atoms with Crippen LogP contribution in [-0.4, -0.2) is 61.8 Å². The molecule has 2 fully saturated rings. The molecule has 30 heavy (non-hydrogen) atoms. The number of nitrogens with zero attached hydrogens (tertiary/aromatic N) is 1. The van der Waals surface area contributed by atoms with E-state index in [9.17, 15) is 18.3 Å². The summed E-state index contributed by atoms with van der Waals surface area (Å²) in [7, 11) is 1.31. The third kappa shape index (κ3) is 7.05. The molecule has 0 spiro atoms. The van der Waals surface area contributed by atoms with Gasteiger partial charge < -0.3 is 24.8 Å². The van der Waals surface area contributed by atoms with Gasteiger partial charge in [0, 0.05) is 38.6 Å². The lowest BCUT2D eigenvalue weighted by Gasteiger charge is -2.42. The maximum absolute atomic E-state index is 12.9. The number of benzene rings is 1. The standard InChI is InChI=1S/C20H29F3N2O3.2ClH/c1-27-17-6-5-15(13-18(17)28-20(21,22)23)16(14-25-11-9-24-10-12-25)19(26)7-3-2-4-8-19;;/h5-6,13,16,24,26H,2-4,7-12,14H2,1H3;2*1H.